The highest BCUT2D eigenvalue weighted by atomic mass is 16.7. The maximum absolute atomic E-state index is 11.8. The first-order chi connectivity index (χ1) is 17.4. The van der Waals surface area contributed by atoms with Crippen LogP contribution in [0.25, 0.3) is 0 Å². The Bertz CT molecular complexity index is 701. The Kier molecular flexibility index (Phi) is 12.4. The van der Waals surface area contributed by atoms with E-state index in [1.165, 1.54) is 6.92 Å². The predicted molar refractivity (Wildman–Crippen MR) is 118 cm³/mol. The largest absolute Gasteiger partial charge is 0.396 e. The summed E-state index contributed by atoms with van der Waals surface area (Å²) >= 11 is 0. The topological polar surface area (TPSA) is 268 Å². The first-order valence-corrected chi connectivity index (χ1v) is 11.9. The molecule has 11 N–H and O–H groups in total. The Morgan fingerprint density at radius 1 is 0.865 bits per heavy atom. The lowest BCUT2D eigenvalue weighted by Gasteiger charge is -2.44. The molecule has 218 valence electrons. The van der Waals surface area contributed by atoms with Crippen molar-refractivity contribution in [3.63, 3.8) is 0 Å². The fourth-order valence-electron chi connectivity index (χ4n) is 4.30. The highest BCUT2D eigenvalue weighted by Gasteiger charge is 2.48. The molecule has 0 saturated carbocycles. The van der Waals surface area contributed by atoms with Crippen LogP contribution < -0.4 is 5.32 Å². The monoisotopic (exact) mass is 545 g/mol. The zero-order chi connectivity index (χ0) is 28.0. The second-order valence-corrected chi connectivity index (χ2v) is 9.14. The third-order valence-corrected chi connectivity index (χ3v) is 6.39. The minimum Gasteiger partial charge on any atom is -0.396 e. The molecule has 0 radical (unpaired) electrons. The Balaban J connectivity index is 2.21. The van der Waals surface area contributed by atoms with Crippen LogP contribution >= 0.6 is 0 Å². The van der Waals surface area contributed by atoms with Crippen molar-refractivity contribution in [3.05, 3.63) is 0 Å². The molecule has 2 saturated heterocycles. The number of hydrogen-bond donors (Lipinski definition) is 11. The molecule has 16 heteroatoms. The molecule has 2 fully saturated rings. The average molecular weight is 546 g/mol. The van der Waals surface area contributed by atoms with Crippen molar-refractivity contribution in [2.75, 3.05) is 19.8 Å². The van der Waals surface area contributed by atoms with E-state index in [2.05, 4.69) is 5.32 Å². The van der Waals surface area contributed by atoms with Gasteiger partial charge in [0, 0.05) is 13.5 Å². The fourth-order valence-corrected chi connectivity index (χ4v) is 4.30. The number of aliphatic hydroxyl groups is 10. The molecule has 0 bridgehead atoms. The molecule has 16 nitrogen and oxygen atoms in total. The lowest BCUT2D eigenvalue weighted by Crippen LogP contribution is -2.63. The molecule has 0 aromatic heterocycles. The van der Waals surface area contributed by atoms with Gasteiger partial charge < -0.3 is 75.3 Å². The Labute approximate surface area is 212 Å². The smallest absolute Gasteiger partial charge is 0.217 e. The van der Waals surface area contributed by atoms with E-state index in [1.807, 2.05) is 0 Å². The molecule has 14 atom stereocenters. The third kappa shape index (κ3) is 7.74. The second-order valence-electron chi connectivity index (χ2n) is 9.14. The molecule has 2 heterocycles. The van der Waals surface area contributed by atoms with Gasteiger partial charge in [0.2, 0.25) is 5.91 Å². The van der Waals surface area contributed by atoms with Gasteiger partial charge in [-0.25, -0.2) is 0 Å². The Hall–Kier alpha value is -1.09. The maximum Gasteiger partial charge on any atom is 0.217 e. The van der Waals surface area contributed by atoms with E-state index in [0.29, 0.717) is 0 Å². The van der Waals surface area contributed by atoms with Gasteiger partial charge in [-0.3, -0.25) is 4.79 Å². The summed E-state index contributed by atoms with van der Waals surface area (Å²) in [5.74, 6) is -0.726. The summed E-state index contributed by atoms with van der Waals surface area (Å²) in [6.07, 6.45) is -20.6. The SMILES string of the molecule is CC(=O)NC(C(O)[C@@H](CCO)O[C@@H]1OC(CO)[C@H](O)C(O)C1O)[C@@H](O)OC1C(O)[C@H](O)C(CO)O[C@@H]1C. The minimum atomic E-state index is -2.04. The predicted octanol–water partition coefficient (Wildman–Crippen LogP) is -6.38. The summed E-state index contributed by atoms with van der Waals surface area (Å²) in [6.45, 7) is 0.595. The molecular weight excluding hydrogens is 506 g/mol. The summed E-state index contributed by atoms with van der Waals surface area (Å²) in [4.78, 5) is 11.8. The summed E-state index contributed by atoms with van der Waals surface area (Å²) in [7, 11) is 0. The first kappa shape index (κ1) is 32.1. The number of carbonyl (C=O) groups excluding carboxylic acids is 1. The van der Waals surface area contributed by atoms with Crippen molar-refractivity contribution < 1.29 is 74.8 Å². The van der Waals surface area contributed by atoms with Gasteiger partial charge in [-0.05, 0) is 13.3 Å². The van der Waals surface area contributed by atoms with Crippen molar-refractivity contribution in [2.45, 2.75) is 106 Å². The lowest BCUT2D eigenvalue weighted by atomic mass is 9.95. The van der Waals surface area contributed by atoms with E-state index in [1.54, 1.807) is 0 Å². The lowest BCUT2D eigenvalue weighted by molar-refractivity contribution is -0.321. The summed E-state index contributed by atoms with van der Waals surface area (Å²) < 4.78 is 21.6. The molecular formula is C21H39NO15. The zero-order valence-corrected chi connectivity index (χ0v) is 20.4. The summed E-state index contributed by atoms with van der Waals surface area (Å²) in [5, 5.41) is 103. The van der Waals surface area contributed by atoms with E-state index in [4.69, 9.17) is 18.9 Å². The van der Waals surface area contributed by atoms with Gasteiger partial charge in [-0.2, -0.15) is 0 Å². The standard InChI is InChI=1S/C21H39NO15/c1-7-19(17(31)15(29)10(5-24)34-7)37-20(33)12(22-8(2)26)13(27)9(3-4-23)35-21-18(32)16(30)14(28)11(6-25)36-21/h7,9-21,23-25,27-33H,3-6H2,1-2H3,(H,22,26)/t7-,9-,10?,11?,12?,13?,14+,15-,16?,17?,18?,19?,20+,21-/m1/s1. The summed E-state index contributed by atoms with van der Waals surface area (Å²) in [6, 6.07) is -1.66. The number of rotatable bonds is 12. The second kappa shape index (κ2) is 14.3. The number of nitrogens with one attached hydrogen (secondary N) is 1. The number of amides is 1. The van der Waals surface area contributed by atoms with E-state index in [0.717, 1.165) is 6.92 Å². The van der Waals surface area contributed by atoms with Crippen LogP contribution in [0.3, 0.4) is 0 Å². The van der Waals surface area contributed by atoms with E-state index >= 15 is 0 Å². The zero-order valence-electron chi connectivity index (χ0n) is 20.4. The molecule has 0 aliphatic carbocycles. The van der Waals surface area contributed by atoms with Crippen molar-refractivity contribution in [2.24, 2.45) is 0 Å². The highest BCUT2D eigenvalue weighted by molar-refractivity contribution is 5.73. The van der Waals surface area contributed by atoms with Gasteiger partial charge in [0.25, 0.3) is 0 Å². The number of ether oxygens (including phenoxy) is 4. The fraction of sp³-hybridized carbons (Fsp3) is 0.952. The van der Waals surface area contributed by atoms with Crippen molar-refractivity contribution in [1.29, 1.82) is 0 Å². The number of hydrogen-bond acceptors (Lipinski definition) is 15. The maximum atomic E-state index is 11.8. The van der Waals surface area contributed by atoms with Gasteiger partial charge in [0.1, 0.15) is 61.0 Å². The van der Waals surface area contributed by atoms with Crippen molar-refractivity contribution >= 4 is 5.91 Å². The van der Waals surface area contributed by atoms with E-state index in [-0.39, 0.29) is 6.42 Å². The molecule has 0 spiro atoms. The van der Waals surface area contributed by atoms with E-state index < -0.39 is 111 Å². The number of aliphatic hydroxyl groups excluding tert-OH is 10. The van der Waals surface area contributed by atoms with Crippen LogP contribution in [0.1, 0.15) is 20.3 Å². The highest BCUT2D eigenvalue weighted by Crippen LogP contribution is 2.27. The average Bonchev–Trinajstić information content (AvgIpc) is 2.86. The van der Waals surface area contributed by atoms with Crippen molar-refractivity contribution in [1.82, 2.24) is 5.32 Å². The minimum absolute atomic E-state index is 0.332. The van der Waals surface area contributed by atoms with Crippen LogP contribution in [0, 0.1) is 0 Å². The Morgan fingerprint density at radius 2 is 1.43 bits per heavy atom. The van der Waals surface area contributed by atoms with Gasteiger partial charge in [-0.15, -0.1) is 0 Å². The van der Waals surface area contributed by atoms with Gasteiger partial charge in [-0.1, -0.05) is 0 Å². The number of carbonyl (C=O) groups is 1. The van der Waals surface area contributed by atoms with E-state index in [9.17, 15) is 55.9 Å². The molecule has 0 aromatic carbocycles. The van der Waals surface area contributed by atoms with Crippen LogP contribution in [-0.2, 0) is 23.7 Å². The molecule has 2 aliphatic rings. The molecule has 8 unspecified atom stereocenters. The van der Waals surface area contributed by atoms with Crippen LogP contribution in [0.15, 0.2) is 0 Å². The molecule has 0 aromatic rings. The molecule has 37 heavy (non-hydrogen) atoms. The van der Waals surface area contributed by atoms with Gasteiger partial charge >= 0.3 is 0 Å². The third-order valence-electron chi connectivity index (χ3n) is 6.39. The van der Waals surface area contributed by atoms with Gasteiger partial charge in [0.05, 0.1) is 25.4 Å². The van der Waals surface area contributed by atoms with Crippen molar-refractivity contribution in [3.8, 4) is 0 Å². The Morgan fingerprint density at radius 3 is 1.97 bits per heavy atom. The molecule has 2 rings (SSSR count). The van der Waals surface area contributed by atoms with Crippen LogP contribution in [-0.4, -0.2) is 163 Å². The quantitative estimate of drug-likeness (QED) is 0.102. The van der Waals surface area contributed by atoms with Gasteiger partial charge in [0.15, 0.2) is 12.6 Å². The molecule has 2 aliphatic heterocycles. The van der Waals surface area contributed by atoms with Crippen LogP contribution in [0.5, 0.6) is 0 Å². The first-order valence-electron chi connectivity index (χ1n) is 11.9. The van der Waals surface area contributed by atoms with Crippen LogP contribution in [0.4, 0.5) is 0 Å². The molecule has 1 amide bonds. The summed E-state index contributed by atoms with van der Waals surface area (Å²) in [5.41, 5.74) is 0. The normalized spacial score (nSPS) is 40.0. The van der Waals surface area contributed by atoms with Crippen LogP contribution in [0.2, 0.25) is 0 Å².